The molecule has 0 radical (unpaired) electrons. The first-order valence-electron chi connectivity index (χ1n) is 9.43. The van der Waals surface area contributed by atoms with Crippen LogP contribution in [-0.2, 0) is 11.2 Å². The average molecular weight is 363 g/mol. The van der Waals surface area contributed by atoms with Crippen LogP contribution >= 0.6 is 0 Å². The lowest BCUT2D eigenvalue weighted by Gasteiger charge is -2.18. The smallest absolute Gasteiger partial charge is 0.226 e. The van der Waals surface area contributed by atoms with E-state index in [0.29, 0.717) is 12.3 Å². The van der Waals surface area contributed by atoms with E-state index in [0.717, 1.165) is 42.5 Å². The largest absolute Gasteiger partial charge is 0.353 e. The monoisotopic (exact) mass is 363 g/mol. The van der Waals surface area contributed by atoms with Gasteiger partial charge in [0.05, 0.1) is 6.42 Å². The molecule has 5 rings (SSSR count). The van der Waals surface area contributed by atoms with Gasteiger partial charge in [-0.3, -0.25) is 9.78 Å². The molecule has 2 aliphatic rings. The van der Waals surface area contributed by atoms with Gasteiger partial charge in [0.1, 0.15) is 5.82 Å². The molecule has 1 aliphatic carbocycles. The second kappa shape index (κ2) is 6.61. The first kappa shape index (κ1) is 16.2. The summed E-state index contributed by atoms with van der Waals surface area (Å²) in [6.45, 7) is 1.63. The van der Waals surface area contributed by atoms with Crippen molar-refractivity contribution in [1.29, 1.82) is 0 Å². The van der Waals surface area contributed by atoms with Gasteiger partial charge in [0.2, 0.25) is 5.91 Å². The molecule has 1 amide bonds. The highest BCUT2D eigenvalue weighted by atomic mass is 16.1. The highest BCUT2D eigenvalue weighted by molar-refractivity contribution is 5.78. The summed E-state index contributed by atoms with van der Waals surface area (Å²) < 4.78 is 1.87. The molecule has 2 fully saturated rings. The molecule has 1 N–H and O–H groups in total. The Bertz CT molecular complexity index is 967. The van der Waals surface area contributed by atoms with Crippen molar-refractivity contribution in [2.24, 2.45) is 0 Å². The lowest BCUT2D eigenvalue weighted by atomic mass is 10.2. The van der Waals surface area contributed by atoms with Gasteiger partial charge in [-0.25, -0.2) is 0 Å². The number of carbonyl (C=O) groups excluding carboxylic acids is 1. The van der Waals surface area contributed by atoms with Gasteiger partial charge in [0.25, 0.3) is 0 Å². The highest BCUT2D eigenvalue weighted by Gasteiger charge is 2.30. The maximum atomic E-state index is 12.3. The number of carbonyl (C=O) groups is 1. The van der Waals surface area contributed by atoms with E-state index in [1.54, 1.807) is 6.20 Å². The number of nitrogens with one attached hydrogen (secondary N) is 1. The Balaban J connectivity index is 1.24. The summed E-state index contributed by atoms with van der Waals surface area (Å²) in [5.74, 6) is 2.38. The Hall–Kier alpha value is -3.03. The zero-order chi connectivity index (χ0) is 18.2. The fourth-order valence-corrected chi connectivity index (χ4v) is 3.59. The van der Waals surface area contributed by atoms with E-state index >= 15 is 0 Å². The van der Waals surface area contributed by atoms with Crippen molar-refractivity contribution in [3.05, 3.63) is 48.0 Å². The second-order valence-corrected chi connectivity index (χ2v) is 7.29. The summed E-state index contributed by atoms with van der Waals surface area (Å²) in [6, 6.07) is 9.70. The third-order valence-electron chi connectivity index (χ3n) is 5.16. The summed E-state index contributed by atoms with van der Waals surface area (Å²) in [6.07, 6.45) is 5.27. The van der Waals surface area contributed by atoms with Crippen LogP contribution in [0.1, 0.15) is 36.7 Å². The van der Waals surface area contributed by atoms with Crippen molar-refractivity contribution in [3.8, 4) is 0 Å². The quantitative estimate of drug-likeness (QED) is 0.736. The van der Waals surface area contributed by atoms with Gasteiger partial charge in [-0.15, -0.1) is 15.3 Å². The molecular weight excluding hydrogens is 342 g/mol. The van der Waals surface area contributed by atoms with Crippen molar-refractivity contribution in [2.45, 2.75) is 37.6 Å². The number of pyridine rings is 1. The number of hydrogen-bond donors (Lipinski definition) is 1. The molecule has 3 aromatic rings. The first-order chi connectivity index (χ1) is 13.3. The number of aromatic nitrogens is 5. The van der Waals surface area contributed by atoms with Gasteiger partial charge in [-0.05, 0) is 43.5 Å². The van der Waals surface area contributed by atoms with Crippen LogP contribution in [0.15, 0.2) is 36.5 Å². The Morgan fingerprint density at radius 3 is 2.89 bits per heavy atom. The second-order valence-electron chi connectivity index (χ2n) is 7.29. The highest BCUT2D eigenvalue weighted by Crippen LogP contribution is 2.38. The lowest BCUT2D eigenvalue weighted by molar-refractivity contribution is -0.121. The van der Waals surface area contributed by atoms with E-state index in [1.807, 2.05) is 34.8 Å². The predicted molar refractivity (Wildman–Crippen MR) is 99.5 cm³/mol. The van der Waals surface area contributed by atoms with Crippen LogP contribution < -0.4 is 10.2 Å². The molecule has 27 heavy (non-hydrogen) atoms. The minimum atomic E-state index is 0.0128. The summed E-state index contributed by atoms with van der Waals surface area (Å²) in [7, 11) is 0. The molecule has 0 bridgehead atoms. The molecule has 8 nitrogen and oxygen atoms in total. The standard InChI is InChI=1S/C19H21N7O/c27-18(11-14-3-1-2-9-20-14)21-15-8-10-25(12-15)17-7-6-16-22-23-19(13-4-5-13)26(16)24-17/h1-3,6-7,9,13,15H,4-5,8,10-12H2,(H,21,27). The molecule has 1 aliphatic heterocycles. The van der Waals surface area contributed by atoms with E-state index in [9.17, 15) is 4.79 Å². The molecule has 3 aromatic heterocycles. The van der Waals surface area contributed by atoms with Gasteiger partial charge in [-0.1, -0.05) is 6.07 Å². The number of amides is 1. The number of rotatable bonds is 5. The van der Waals surface area contributed by atoms with Gasteiger partial charge >= 0.3 is 0 Å². The van der Waals surface area contributed by atoms with Crippen molar-refractivity contribution >= 4 is 17.4 Å². The van der Waals surface area contributed by atoms with Crippen molar-refractivity contribution in [2.75, 3.05) is 18.0 Å². The van der Waals surface area contributed by atoms with Crippen molar-refractivity contribution in [1.82, 2.24) is 30.1 Å². The molecule has 1 saturated heterocycles. The van der Waals surface area contributed by atoms with Crippen LogP contribution in [-0.4, -0.2) is 49.8 Å². The predicted octanol–water partition coefficient (Wildman–Crippen LogP) is 1.33. The van der Waals surface area contributed by atoms with E-state index in [1.165, 1.54) is 12.8 Å². The molecule has 1 unspecified atom stereocenters. The average Bonchev–Trinajstić information content (AvgIpc) is 3.27. The van der Waals surface area contributed by atoms with Gasteiger partial charge in [0.15, 0.2) is 11.5 Å². The van der Waals surface area contributed by atoms with Crippen LogP contribution in [0.25, 0.3) is 5.65 Å². The molecule has 1 saturated carbocycles. The van der Waals surface area contributed by atoms with E-state index in [4.69, 9.17) is 5.10 Å². The van der Waals surface area contributed by atoms with Crippen molar-refractivity contribution < 1.29 is 4.79 Å². The normalized spacial score (nSPS) is 19.6. The Labute approximate surface area is 156 Å². The minimum Gasteiger partial charge on any atom is -0.353 e. The number of fused-ring (bicyclic) bond motifs is 1. The summed E-state index contributed by atoms with van der Waals surface area (Å²) in [4.78, 5) is 18.7. The number of anilines is 1. The third kappa shape index (κ3) is 3.34. The summed E-state index contributed by atoms with van der Waals surface area (Å²) in [5.41, 5.74) is 1.58. The number of nitrogens with zero attached hydrogens (tertiary/aromatic N) is 6. The van der Waals surface area contributed by atoms with Crippen LogP contribution in [0, 0.1) is 0 Å². The van der Waals surface area contributed by atoms with E-state index in [2.05, 4.69) is 25.4 Å². The maximum absolute atomic E-state index is 12.3. The topological polar surface area (TPSA) is 88.3 Å². The van der Waals surface area contributed by atoms with Crippen LogP contribution in [0.4, 0.5) is 5.82 Å². The van der Waals surface area contributed by atoms with E-state index < -0.39 is 0 Å². The fourth-order valence-electron chi connectivity index (χ4n) is 3.59. The van der Waals surface area contributed by atoms with Gasteiger partial charge < -0.3 is 10.2 Å². The SMILES string of the molecule is O=C(Cc1ccccn1)NC1CCN(c2ccc3nnc(C4CC4)n3n2)C1. The third-order valence-corrected chi connectivity index (χ3v) is 5.16. The molecule has 138 valence electrons. The van der Waals surface area contributed by atoms with Crippen LogP contribution in [0.5, 0.6) is 0 Å². The van der Waals surface area contributed by atoms with Crippen molar-refractivity contribution in [3.63, 3.8) is 0 Å². The molecule has 0 spiro atoms. The lowest BCUT2D eigenvalue weighted by Crippen LogP contribution is -2.38. The maximum Gasteiger partial charge on any atom is 0.226 e. The van der Waals surface area contributed by atoms with Gasteiger partial charge in [0, 0.05) is 36.9 Å². The summed E-state index contributed by atoms with van der Waals surface area (Å²) in [5, 5.41) is 16.4. The van der Waals surface area contributed by atoms with E-state index in [-0.39, 0.29) is 11.9 Å². The van der Waals surface area contributed by atoms with Crippen LogP contribution in [0.3, 0.4) is 0 Å². The number of hydrogen-bond acceptors (Lipinski definition) is 6. The van der Waals surface area contributed by atoms with Crippen LogP contribution in [0.2, 0.25) is 0 Å². The Morgan fingerprint density at radius 2 is 2.07 bits per heavy atom. The molecular formula is C19H21N7O. The van der Waals surface area contributed by atoms with Gasteiger partial charge in [-0.2, -0.15) is 4.52 Å². The summed E-state index contributed by atoms with van der Waals surface area (Å²) >= 11 is 0. The zero-order valence-corrected chi connectivity index (χ0v) is 15.0. The fraction of sp³-hybridized carbons (Fsp3) is 0.421. The Morgan fingerprint density at radius 1 is 1.15 bits per heavy atom. The zero-order valence-electron chi connectivity index (χ0n) is 15.0. The molecule has 0 aromatic carbocycles. The molecule has 8 heteroatoms. The minimum absolute atomic E-state index is 0.0128. The Kier molecular flexibility index (Phi) is 3.95. The molecule has 4 heterocycles. The molecule has 1 atom stereocenters. The first-order valence-corrected chi connectivity index (χ1v) is 9.43.